The Morgan fingerprint density at radius 1 is 1.10 bits per heavy atom. The summed E-state index contributed by atoms with van der Waals surface area (Å²) in [5.41, 5.74) is 1.47. The van der Waals surface area contributed by atoms with Gasteiger partial charge in [0.2, 0.25) is 10.0 Å². The van der Waals surface area contributed by atoms with E-state index in [1.807, 2.05) is 6.92 Å². The van der Waals surface area contributed by atoms with Crippen LogP contribution in [0, 0.1) is 0 Å². The summed E-state index contributed by atoms with van der Waals surface area (Å²) in [6.07, 6.45) is 3.27. The van der Waals surface area contributed by atoms with Crippen molar-refractivity contribution in [1.82, 2.24) is 9.71 Å². The number of hydrogen-bond acceptors (Lipinski definition) is 4. The molecule has 2 aromatic rings. The van der Waals surface area contributed by atoms with E-state index >= 15 is 0 Å². The lowest BCUT2D eigenvalue weighted by Gasteiger charge is -2.12. The van der Waals surface area contributed by atoms with Crippen molar-refractivity contribution in [3.8, 4) is 0 Å². The lowest BCUT2D eigenvalue weighted by atomic mass is 10.3. The van der Waals surface area contributed by atoms with Crippen LogP contribution in [-0.4, -0.2) is 19.9 Å². The first kappa shape index (κ1) is 14.5. The van der Waals surface area contributed by atoms with E-state index in [2.05, 4.69) is 15.0 Å². The van der Waals surface area contributed by atoms with Gasteiger partial charge in [0, 0.05) is 25.5 Å². The normalized spacial score (nSPS) is 11.2. The SMILES string of the molecule is CCNc1ccccc1S(=O)(=O)NCc1ccncc1. The molecule has 6 heteroatoms. The van der Waals surface area contributed by atoms with Gasteiger partial charge in [-0.05, 0) is 36.8 Å². The van der Waals surface area contributed by atoms with Gasteiger partial charge in [-0.2, -0.15) is 0 Å². The van der Waals surface area contributed by atoms with Crippen LogP contribution in [0.25, 0.3) is 0 Å². The highest BCUT2D eigenvalue weighted by atomic mass is 32.2. The molecular weight excluding hydrogens is 274 g/mol. The maximum absolute atomic E-state index is 12.3. The molecule has 0 saturated heterocycles. The predicted molar refractivity (Wildman–Crippen MR) is 78.9 cm³/mol. The van der Waals surface area contributed by atoms with E-state index in [1.54, 1.807) is 48.8 Å². The number of anilines is 1. The molecule has 0 unspecified atom stereocenters. The maximum Gasteiger partial charge on any atom is 0.242 e. The molecule has 2 N–H and O–H groups in total. The highest BCUT2D eigenvalue weighted by molar-refractivity contribution is 7.89. The van der Waals surface area contributed by atoms with E-state index in [1.165, 1.54) is 0 Å². The zero-order valence-electron chi connectivity index (χ0n) is 11.2. The van der Waals surface area contributed by atoms with Crippen molar-refractivity contribution in [2.45, 2.75) is 18.4 Å². The molecule has 1 heterocycles. The molecule has 1 aromatic heterocycles. The van der Waals surface area contributed by atoms with Crippen LogP contribution in [0.2, 0.25) is 0 Å². The third-order valence-electron chi connectivity index (χ3n) is 2.76. The van der Waals surface area contributed by atoms with Crippen molar-refractivity contribution in [1.29, 1.82) is 0 Å². The minimum Gasteiger partial charge on any atom is -0.384 e. The number of benzene rings is 1. The highest BCUT2D eigenvalue weighted by Crippen LogP contribution is 2.20. The Hall–Kier alpha value is -1.92. The van der Waals surface area contributed by atoms with Crippen molar-refractivity contribution >= 4 is 15.7 Å². The Balaban J connectivity index is 2.18. The van der Waals surface area contributed by atoms with Gasteiger partial charge in [0.15, 0.2) is 0 Å². The summed E-state index contributed by atoms with van der Waals surface area (Å²) in [6.45, 7) is 2.83. The van der Waals surface area contributed by atoms with Crippen LogP contribution in [0.1, 0.15) is 12.5 Å². The first-order valence-corrected chi connectivity index (χ1v) is 7.83. The lowest BCUT2D eigenvalue weighted by Crippen LogP contribution is -2.24. The van der Waals surface area contributed by atoms with Crippen LogP contribution in [0.4, 0.5) is 5.69 Å². The number of pyridine rings is 1. The van der Waals surface area contributed by atoms with Crippen LogP contribution >= 0.6 is 0 Å². The number of nitrogens with one attached hydrogen (secondary N) is 2. The van der Waals surface area contributed by atoms with Crippen LogP contribution in [0.3, 0.4) is 0 Å². The Bertz CT molecular complexity index is 657. The van der Waals surface area contributed by atoms with Gasteiger partial charge in [-0.15, -0.1) is 0 Å². The maximum atomic E-state index is 12.3. The second kappa shape index (κ2) is 6.49. The van der Waals surface area contributed by atoms with Crippen molar-refractivity contribution in [3.63, 3.8) is 0 Å². The van der Waals surface area contributed by atoms with Gasteiger partial charge in [0.05, 0.1) is 5.69 Å². The largest absolute Gasteiger partial charge is 0.384 e. The summed E-state index contributed by atoms with van der Waals surface area (Å²) in [6, 6.07) is 10.4. The van der Waals surface area contributed by atoms with Gasteiger partial charge in [-0.25, -0.2) is 13.1 Å². The highest BCUT2D eigenvalue weighted by Gasteiger charge is 2.17. The fourth-order valence-corrected chi connectivity index (χ4v) is 2.99. The fraction of sp³-hybridized carbons (Fsp3) is 0.214. The van der Waals surface area contributed by atoms with Gasteiger partial charge >= 0.3 is 0 Å². The zero-order valence-corrected chi connectivity index (χ0v) is 12.0. The number of hydrogen-bond donors (Lipinski definition) is 2. The molecule has 20 heavy (non-hydrogen) atoms. The van der Waals surface area contributed by atoms with Crippen LogP contribution in [0.5, 0.6) is 0 Å². The second-order valence-corrected chi connectivity index (χ2v) is 5.94. The molecular formula is C14H17N3O2S. The summed E-state index contributed by atoms with van der Waals surface area (Å²) in [7, 11) is -3.54. The van der Waals surface area contributed by atoms with E-state index in [0.29, 0.717) is 12.2 Å². The Morgan fingerprint density at radius 2 is 1.80 bits per heavy atom. The van der Waals surface area contributed by atoms with Crippen molar-refractivity contribution in [3.05, 3.63) is 54.4 Å². The number of sulfonamides is 1. The molecule has 0 spiro atoms. The summed E-state index contributed by atoms with van der Waals surface area (Å²) in [4.78, 5) is 4.16. The van der Waals surface area contributed by atoms with Gasteiger partial charge in [0.1, 0.15) is 4.90 Å². The Morgan fingerprint density at radius 3 is 2.50 bits per heavy atom. The Kier molecular flexibility index (Phi) is 4.70. The molecule has 0 bridgehead atoms. The number of nitrogens with zero attached hydrogens (tertiary/aromatic N) is 1. The fourth-order valence-electron chi connectivity index (χ4n) is 1.79. The van der Waals surface area contributed by atoms with E-state index in [9.17, 15) is 8.42 Å². The molecule has 0 aliphatic carbocycles. The smallest absolute Gasteiger partial charge is 0.242 e. The molecule has 0 atom stereocenters. The number of rotatable bonds is 6. The molecule has 0 amide bonds. The van der Waals surface area contributed by atoms with Crippen molar-refractivity contribution < 1.29 is 8.42 Å². The third-order valence-corrected chi connectivity index (χ3v) is 4.22. The summed E-state index contributed by atoms with van der Waals surface area (Å²) < 4.78 is 27.3. The predicted octanol–water partition coefficient (Wildman–Crippen LogP) is 1.99. The standard InChI is InChI=1S/C14H17N3O2S/c1-2-16-13-5-3-4-6-14(13)20(18,19)17-11-12-7-9-15-10-8-12/h3-10,16-17H,2,11H2,1H3. The summed E-state index contributed by atoms with van der Waals surface area (Å²) in [5.74, 6) is 0. The molecule has 0 fully saturated rings. The summed E-state index contributed by atoms with van der Waals surface area (Å²) >= 11 is 0. The van der Waals surface area contributed by atoms with Gasteiger partial charge < -0.3 is 5.32 Å². The van der Waals surface area contributed by atoms with Crippen molar-refractivity contribution in [2.24, 2.45) is 0 Å². The van der Waals surface area contributed by atoms with E-state index < -0.39 is 10.0 Å². The van der Waals surface area contributed by atoms with Gasteiger partial charge in [-0.1, -0.05) is 12.1 Å². The van der Waals surface area contributed by atoms with E-state index in [0.717, 1.165) is 5.56 Å². The Labute approximate surface area is 119 Å². The van der Waals surface area contributed by atoms with E-state index in [4.69, 9.17) is 0 Å². The minimum absolute atomic E-state index is 0.241. The molecule has 0 aliphatic rings. The van der Waals surface area contributed by atoms with Crippen molar-refractivity contribution in [2.75, 3.05) is 11.9 Å². The average molecular weight is 291 g/mol. The molecule has 0 radical (unpaired) electrons. The van der Waals surface area contributed by atoms with Gasteiger partial charge in [-0.3, -0.25) is 4.98 Å². The monoisotopic (exact) mass is 291 g/mol. The summed E-state index contributed by atoms with van der Waals surface area (Å²) in [5, 5.41) is 3.05. The number of aromatic nitrogens is 1. The molecule has 0 saturated carbocycles. The van der Waals surface area contributed by atoms with Crippen LogP contribution in [-0.2, 0) is 16.6 Å². The molecule has 0 aliphatic heterocycles. The number of para-hydroxylation sites is 1. The van der Waals surface area contributed by atoms with Crippen LogP contribution in [0.15, 0.2) is 53.7 Å². The zero-order chi connectivity index (χ0) is 14.4. The van der Waals surface area contributed by atoms with Crippen LogP contribution < -0.4 is 10.0 Å². The van der Waals surface area contributed by atoms with Gasteiger partial charge in [0.25, 0.3) is 0 Å². The molecule has 2 rings (SSSR count). The topological polar surface area (TPSA) is 71.1 Å². The first-order chi connectivity index (χ1) is 9.63. The molecule has 106 valence electrons. The molecule has 1 aromatic carbocycles. The van der Waals surface area contributed by atoms with E-state index in [-0.39, 0.29) is 11.4 Å². The second-order valence-electron chi connectivity index (χ2n) is 4.21. The average Bonchev–Trinajstić information content (AvgIpc) is 2.47. The first-order valence-electron chi connectivity index (χ1n) is 6.35. The lowest BCUT2D eigenvalue weighted by molar-refractivity contribution is 0.581. The quantitative estimate of drug-likeness (QED) is 0.854. The molecule has 5 nitrogen and oxygen atoms in total. The third kappa shape index (κ3) is 3.55. The minimum atomic E-state index is -3.54.